The van der Waals surface area contributed by atoms with Crippen LogP contribution in [0.1, 0.15) is 0 Å². The van der Waals surface area contributed by atoms with Crippen LogP contribution in [0.15, 0.2) is 60.7 Å². The van der Waals surface area contributed by atoms with Crippen LogP contribution < -0.4 is 4.74 Å². The van der Waals surface area contributed by atoms with Gasteiger partial charge in [0.2, 0.25) is 0 Å². The van der Waals surface area contributed by atoms with Gasteiger partial charge in [-0.05, 0) is 28.5 Å². The van der Waals surface area contributed by atoms with Gasteiger partial charge in [-0.3, -0.25) is 10.2 Å². The number of H-pyrrole nitrogens is 2. The van der Waals surface area contributed by atoms with Crippen molar-refractivity contribution >= 4 is 23.0 Å². The molecule has 6 heteroatoms. The molecule has 0 bridgehead atoms. The van der Waals surface area contributed by atoms with E-state index in [0.717, 1.165) is 21.9 Å². The Morgan fingerprint density at radius 2 is 1.74 bits per heavy atom. The molecule has 0 unspecified atom stereocenters. The van der Waals surface area contributed by atoms with Gasteiger partial charge in [0.05, 0.1) is 12.3 Å². The maximum absolute atomic E-state index is 10.5. The van der Waals surface area contributed by atoms with Gasteiger partial charge in [-0.2, -0.15) is 0 Å². The van der Waals surface area contributed by atoms with Crippen molar-refractivity contribution in [3.8, 4) is 33.9 Å². The normalized spacial score (nSPS) is 11.0. The molecule has 0 radical (unpaired) electrons. The number of hydrogen-bond donors (Lipinski definition) is 4. The molecule has 5 nitrogen and oxygen atoms in total. The predicted molar refractivity (Wildman–Crippen MR) is 109 cm³/mol. The molecule has 4 aromatic rings. The Kier molecular flexibility index (Phi) is 4.66. The Balaban J connectivity index is 1.87. The quantitative estimate of drug-likeness (QED) is 0.382. The Morgan fingerprint density at radius 3 is 2.56 bits per heavy atom. The van der Waals surface area contributed by atoms with Crippen molar-refractivity contribution in [2.75, 3.05) is 13.2 Å². The first-order valence-electron chi connectivity index (χ1n) is 8.55. The van der Waals surface area contributed by atoms with E-state index in [9.17, 15) is 5.11 Å². The lowest BCUT2D eigenvalue weighted by molar-refractivity contribution is 0.201. The topological polar surface area (TPSA) is 81.3 Å². The third kappa shape index (κ3) is 3.20. The summed E-state index contributed by atoms with van der Waals surface area (Å²) in [5.74, 6) is 0.559. The number of aromatic hydroxyl groups is 1. The summed E-state index contributed by atoms with van der Waals surface area (Å²) in [6.45, 7) is 0.0886. The molecule has 0 amide bonds. The number of fused-ring (bicyclic) bond motifs is 1. The molecule has 0 saturated carbocycles. The van der Waals surface area contributed by atoms with Crippen molar-refractivity contribution in [1.29, 1.82) is 0 Å². The molecule has 1 aromatic heterocycles. The van der Waals surface area contributed by atoms with Crippen LogP contribution >= 0.6 is 12.2 Å². The highest BCUT2D eigenvalue weighted by Gasteiger charge is 2.17. The number of hydrogen-bond acceptors (Lipinski definition) is 4. The molecule has 136 valence electrons. The monoisotopic (exact) mass is 378 g/mol. The maximum Gasteiger partial charge on any atom is 0.128 e. The summed E-state index contributed by atoms with van der Waals surface area (Å²) < 4.78 is 5.93. The molecular weight excluding hydrogens is 360 g/mol. The first kappa shape index (κ1) is 17.3. The average Bonchev–Trinajstić information content (AvgIpc) is 3.07. The van der Waals surface area contributed by atoms with Crippen LogP contribution in [0.25, 0.3) is 33.2 Å². The molecule has 0 saturated heterocycles. The van der Waals surface area contributed by atoms with Gasteiger partial charge in [0.15, 0.2) is 0 Å². The molecule has 0 aliphatic carbocycles. The molecule has 0 aliphatic heterocycles. The maximum atomic E-state index is 10.5. The number of ether oxygens (including phenoxy) is 1. The number of nitrogens with one attached hydrogen (secondary N) is 2. The molecule has 4 N–H and O–H groups in total. The highest BCUT2D eigenvalue weighted by molar-refractivity contribution is 7.71. The molecule has 4 rings (SSSR count). The number of rotatable bonds is 5. The minimum absolute atomic E-state index is 0.0668. The van der Waals surface area contributed by atoms with E-state index in [1.54, 1.807) is 12.1 Å². The first-order valence-corrected chi connectivity index (χ1v) is 8.95. The van der Waals surface area contributed by atoms with Gasteiger partial charge < -0.3 is 14.9 Å². The zero-order valence-corrected chi connectivity index (χ0v) is 15.2. The van der Waals surface area contributed by atoms with Crippen LogP contribution in [0.2, 0.25) is 0 Å². The van der Waals surface area contributed by atoms with E-state index in [1.807, 2.05) is 24.3 Å². The number of benzene rings is 3. The van der Waals surface area contributed by atoms with Crippen molar-refractivity contribution < 1.29 is 14.9 Å². The van der Waals surface area contributed by atoms with Gasteiger partial charge in [0.25, 0.3) is 0 Å². The van der Waals surface area contributed by atoms with E-state index in [2.05, 4.69) is 28.4 Å². The summed E-state index contributed by atoms with van der Waals surface area (Å²) in [6, 6.07) is 19.2. The third-order valence-electron chi connectivity index (χ3n) is 4.44. The molecular formula is C21H18N2O3S. The minimum atomic E-state index is -0.0847. The lowest BCUT2D eigenvalue weighted by Gasteiger charge is -2.10. The highest BCUT2D eigenvalue weighted by Crippen LogP contribution is 2.39. The summed E-state index contributed by atoms with van der Waals surface area (Å²) in [4.78, 5) is 0. The smallest absolute Gasteiger partial charge is 0.128 e. The van der Waals surface area contributed by atoms with Crippen LogP contribution in [0.4, 0.5) is 0 Å². The fourth-order valence-electron chi connectivity index (χ4n) is 3.24. The van der Waals surface area contributed by atoms with Crippen LogP contribution in [0, 0.1) is 4.64 Å². The Labute approximate surface area is 160 Å². The van der Waals surface area contributed by atoms with Crippen LogP contribution in [-0.4, -0.2) is 33.6 Å². The second kappa shape index (κ2) is 7.26. The summed E-state index contributed by atoms with van der Waals surface area (Å²) in [5.41, 5.74) is 3.15. The summed E-state index contributed by atoms with van der Waals surface area (Å²) in [6.07, 6.45) is 0. The second-order valence-corrected chi connectivity index (χ2v) is 6.52. The largest absolute Gasteiger partial charge is 0.507 e. The molecule has 0 spiro atoms. The number of aromatic amines is 2. The van der Waals surface area contributed by atoms with Crippen molar-refractivity contribution in [3.63, 3.8) is 0 Å². The van der Waals surface area contributed by atoms with E-state index in [1.165, 1.54) is 6.07 Å². The van der Waals surface area contributed by atoms with E-state index in [4.69, 9.17) is 22.1 Å². The van der Waals surface area contributed by atoms with Crippen LogP contribution in [-0.2, 0) is 0 Å². The van der Waals surface area contributed by atoms with Gasteiger partial charge in [-0.15, -0.1) is 0 Å². The zero-order chi connectivity index (χ0) is 18.8. The molecule has 1 heterocycles. The highest BCUT2D eigenvalue weighted by atomic mass is 32.1. The standard InChI is InChI=1S/C21H18N2O3S/c24-10-11-26-14-8-9-17(18(25)12-14)20-19(21(27)23-22-20)16-7-3-5-13-4-1-2-6-15(13)16/h1-9,12,24-25H,10-11H2,(H2,22,23,27). The van der Waals surface area contributed by atoms with Crippen molar-refractivity contribution in [1.82, 2.24) is 10.2 Å². The van der Waals surface area contributed by atoms with Gasteiger partial charge in [0, 0.05) is 17.2 Å². The van der Waals surface area contributed by atoms with E-state index in [-0.39, 0.29) is 19.0 Å². The van der Waals surface area contributed by atoms with Gasteiger partial charge in [-0.25, -0.2) is 0 Å². The first-order chi connectivity index (χ1) is 13.2. The van der Waals surface area contributed by atoms with Gasteiger partial charge in [-0.1, -0.05) is 54.7 Å². The fourth-order valence-corrected chi connectivity index (χ4v) is 3.50. The van der Waals surface area contributed by atoms with Gasteiger partial charge >= 0.3 is 0 Å². The molecule has 0 aliphatic rings. The summed E-state index contributed by atoms with van der Waals surface area (Å²) in [7, 11) is 0. The van der Waals surface area contributed by atoms with Crippen LogP contribution in [0.5, 0.6) is 11.5 Å². The van der Waals surface area contributed by atoms with E-state index in [0.29, 0.717) is 21.6 Å². The lowest BCUT2D eigenvalue weighted by Crippen LogP contribution is -2.01. The third-order valence-corrected chi connectivity index (χ3v) is 4.74. The van der Waals surface area contributed by atoms with Crippen molar-refractivity contribution in [2.24, 2.45) is 0 Å². The number of phenols is 1. The van der Waals surface area contributed by atoms with E-state index >= 15 is 0 Å². The predicted octanol–water partition coefficient (Wildman–Crippen LogP) is 4.64. The average molecular weight is 378 g/mol. The molecule has 0 atom stereocenters. The van der Waals surface area contributed by atoms with Crippen molar-refractivity contribution in [2.45, 2.75) is 0 Å². The lowest BCUT2D eigenvalue weighted by atomic mass is 9.96. The molecule has 0 fully saturated rings. The van der Waals surface area contributed by atoms with Crippen molar-refractivity contribution in [3.05, 3.63) is 65.3 Å². The number of phenolic OH excluding ortho intramolecular Hbond substituents is 1. The Hall–Kier alpha value is -3.09. The second-order valence-electron chi connectivity index (χ2n) is 6.11. The summed E-state index contributed by atoms with van der Waals surface area (Å²) >= 11 is 5.52. The summed E-state index contributed by atoms with van der Waals surface area (Å²) in [5, 5.41) is 27.7. The Bertz CT molecular complexity index is 1160. The Morgan fingerprint density at radius 1 is 0.926 bits per heavy atom. The van der Waals surface area contributed by atoms with Gasteiger partial charge in [0.1, 0.15) is 22.7 Å². The van der Waals surface area contributed by atoms with Crippen LogP contribution in [0.3, 0.4) is 0 Å². The fraction of sp³-hybridized carbons (Fsp3) is 0.0952. The minimum Gasteiger partial charge on any atom is -0.507 e. The zero-order valence-electron chi connectivity index (χ0n) is 14.4. The SMILES string of the molecule is OCCOc1ccc(-c2[nH][nH]c(=S)c2-c2cccc3ccccc23)c(O)c1. The number of aliphatic hydroxyl groups is 1. The molecule has 27 heavy (non-hydrogen) atoms. The number of aromatic nitrogens is 2. The number of aliphatic hydroxyl groups excluding tert-OH is 1. The molecule has 3 aromatic carbocycles. The van der Waals surface area contributed by atoms with E-state index < -0.39 is 0 Å².